The second kappa shape index (κ2) is 12.7. The second-order valence-electron chi connectivity index (χ2n) is 14.8. The fourth-order valence-corrected chi connectivity index (χ4v) is 10.5. The monoisotopic (exact) mass is 740 g/mol. The van der Waals surface area contributed by atoms with E-state index in [2.05, 4.69) is 182 Å². The van der Waals surface area contributed by atoms with Gasteiger partial charge in [-0.1, -0.05) is 176 Å². The zero-order valence-electron chi connectivity index (χ0n) is 30.8. The van der Waals surface area contributed by atoms with Crippen LogP contribution in [0.5, 0.6) is 0 Å². The quantitative estimate of drug-likeness (QED) is 0.164. The minimum absolute atomic E-state index is 0.923. The van der Waals surface area contributed by atoms with E-state index in [1.807, 2.05) is 23.6 Å². The van der Waals surface area contributed by atoms with Gasteiger partial charge in [0.1, 0.15) is 0 Å². The smallest absolute Gasteiger partial charge is 0.0972 e. The lowest BCUT2D eigenvalue weighted by molar-refractivity contribution is 1.37. The minimum Gasteiger partial charge on any atom is -0.254 e. The van der Waals surface area contributed by atoms with Crippen LogP contribution in [0.3, 0.4) is 0 Å². The van der Waals surface area contributed by atoms with Crippen LogP contribution in [0.25, 0.3) is 119 Å². The summed E-state index contributed by atoms with van der Waals surface area (Å²) in [5.41, 5.74) is 11.3. The highest BCUT2D eigenvalue weighted by atomic mass is 32.1. The first-order valence-electron chi connectivity index (χ1n) is 19.4. The molecule has 0 unspecified atom stereocenters. The van der Waals surface area contributed by atoms with Crippen molar-refractivity contribution in [1.29, 1.82) is 0 Å². The van der Waals surface area contributed by atoms with Gasteiger partial charge in [-0.25, -0.2) is 4.98 Å². The summed E-state index contributed by atoms with van der Waals surface area (Å²) in [6, 6.07) is 68.5. The maximum absolute atomic E-state index is 5.30. The normalized spacial score (nSPS) is 11.9. The third-order valence-electron chi connectivity index (χ3n) is 11.7. The van der Waals surface area contributed by atoms with Gasteiger partial charge < -0.3 is 0 Å². The highest BCUT2D eigenvalue weighted by Gasteiger charge is 2.26. The lowest BCUT2D eigenvalue weighted by atomic mass is 9.86. The molecular formula is C54H32N2S. The van der Waals surface area contributed by atoms with Gasteiger partial charge in [0.15, 0.2) is 0 Å². The summed E-state index contributed by atoms with van der Waals surface area (Å²) in [6.07, 6.45) is 1.85. The molecule has 0 aliphatic carbocycles. The van der Waals surface area contributed by atoms with Gasteiger partial charge in [0.25, 0.3) is 0 Å². The molecule has 0 radical (unpaired) electrons. The van der Waals surface area contributed by atoms with E-state index in [9.17, 15) is 0 Å². The molecule has 12 aromatic rings. The summed E-state index contributed by atoms with van der Waals surface area (Å²) in [5, 5.41) is 12.3. The van der Waals surface area contributed by atoms with E-state index in [1.54, 1.807) is 0 Å². The van der Waals surface area contributed by atoms with E-state index in [-0.39, 0.29) is 0 Å². The summed E-state index contributed by atoms with van der Waals surface area (Å²) in [4.78, 5) is 12.6. The van der Waals surface area contributed by atoms with Crippen molar-refractivity contribution in [2.24, 2.45) is 0 Å². The van der Waals surface area contributed by atoms with Crippen LogP contribution in [-0.4, -0.2) is 9.97 Å². The van der Waals surface area contributed by atoms with Crippen LogP contribution in [0.15, 0.2) is 194 Å². The van der Waals surface area contributed by atoms with Crippen LogP contribution in [0.1, 0.15) is 0 Å². The van der Waals surface area contributed by atoms with Gasteiger partial charge in [0, 0.05) is 49.0 Å². The number of benzene rings is 9. The first-order chi connectivity index (χ1) is 28.3. The Labute approximate surface area is 333 Å². The predicted molar refractivity (Wildman–Crippen MR) is 243 cm³/mol. The summed E-state index contributed by atoms with van der Waals surface area (Å²) in [6.45, 7) is 0. The van der Waals surface area contributed by atoms with Crippen LogP contribution in [0, 0.1) is 0 Å². The molecule has 0 saturated carbocycles. The Kier molecular flexibility index (Phi) is 7.13. The molecule has 12 rings (SSSR count). The van der Waals surface area contributed by atoms with E-state index >= 15 is 0 Å². The molecule has 3 heteroatoms. The summed E-state index contributed by atoms with van der Waals surface area (Å²) >= 11 is 1.90. The molecule has 0 atom stereocenters. The molecule has 2 nitrogen and oxygen atoms in total. The van der Waals surface area contributed by atoms with Crippen molar-refractivity contribution in [3.63, 3.8) is 0 Å². The lowest BCUT2D eigenvalue weighted by Crippen LogP contribution is -1.92. The largest absolute Gasteiger partial charge is 0.254 e. The number of rotatable bonds is 5. The van der Waals surface area contributed by atoms with Crippen LogP contribution in [0.4, 0.5) is 0 Å². The summed E-state index contributed by atoms with van der Waals surface area (Å²) in [5.74, 6) is 0. The van der Waals surface area contributed by atoms with Crippen molar-refractivity contribution >= 4 is 76.2 Å². The van der Waals surface area contributed by atoms with Crippen molar-refractivity contribution in [2.75, 3.05) is 0 Å². The molecule has 3 heterocycles. The van der Waals surface area contributed by atoms with Crippen LogP contribution in [0.2, 0.25) is 0 Å². The molecule has 0 amide bonds. The number of aromatic nitrogens is 2. The summed E-state index contributed by atoms with van der Waals surface area (Å²) in [7, 11) is 0. The van der Waals surface area contributed by atoms with Crippen molar-refractivity contribution in [2.45, 2.75) is 0 Å². The lowest BCUT2D eigenvalue weighted by Gasteiger charge is -2.17. The third-order valence-corrected chi connectivity index (χ3v) is 13.0. The maximum Gasteiger partial charge on any atom is 0.0972 e. The first-order valence-corrected chi connectivity index (χ1v) is 20.2. The Balaban J connectivity index is 1.16. The Bertz CT molecular complexity index is 3500. The van der Waals surface area contributed by atoms with Gasteiger partial charge in [-0.3, -0.25) is 4.98 Å². The Hall–Kier alpha value is -7.20. The molecule has 0 fully saturated rings. The molecule has 9 aromatic carbocycles. The topological polar surface area (TPSA) is 25.8 Å². The SMILES string of the molecule is c1ccc(-c2sc(-c3ccc4ccc5cccc6ccc3c4c56)c(-c3ccccc3)c2-c2ccc(-c3ccc4ccc5cccnc5c4n3)c3ccccc23)cc1. The van der Waals surface area contributed by atoms with Crippen LogP contribution < -0.4 is 0 Å². The van der Waals surface area contributed by atoms with Gasteiger partial charge in [-0.15, -0.1) is 11.3 Å². The molecule has 264 valence electrons. The maximum atomic E-state index is 5.30. The number of hydrogen-bond donors (Lipinski definition) is 0. The molecular weight excluding hydrogens is 709 g/mol. The fourth-order valence-electron chi connectivity index (χ4n) is 9.10. The zero-order chi connectivity index (χ0) is 37.5. The molecule has 0 aliphatic heterocycles. The Morgan fingerprint density at radius 2 is 0.912 bits per heavy atom. The third kappa shape index (κ3) is 4.96. The molecule has 0 aliphatic rings. The van der Waals surface area contributed by atoms with E-state index in [4.69, 9.17) is 9.97 Å². The first kappa shape index (κ1) is 32.1. The Morgan fingerprint density at radius 3 is 1.70 bits per heavy atom. The fraction of sp³-hybridized carbons (Fsp3) is 0. The highest BCUT2D eigenvalue weighted by Crippen LogP contribution is 2.55. The number of hydrogen-bond acceptors (Lipinski definition) is 3. The second-order valence-corrected chi connectivity index (χ2v) is 15.8. The molecule has 0 spiro atoms. The average Bonchev–Trinajstić information content (AvgIpc) is 3.68. The van der Waals surface area contributed by atoms with Crippen molar-refractivity contribution in [3.8, 4) is 54.4 Å². The van der Waals surface area contributed by atoms with E-state index in [0.717, 1.165) is 33.1 Å². The van der Waals surface area contributed by atoms with Gasteiger partial charge in [-0.05, 0) is 71.9 Å². The average molecular weight is 741 g/mol. The van der Waals surface area contributed by atoms with Crippen LogP contribution >= 0.6 is 11.3 Å². The molecule has 57 heavy (non-hydrogen) atoms. The van der Waals surface area contributed by atoms with Crippen molar-refractivity contribution in [3.05, 3.63) is 194 Å². The van der Waals surface area contributed by atoms with E-state index in [1.165, 1.54) is 86.2 Å². The van der Waals surface area contributed by atoms with Gasteiger partial charge in [-0.2, -0.15) is 0 Å². The molecule has 0 N–H and O–H groups in total. The molecule has 0 bridgehead atoms. The van der Waals surface area contributed by atoms with Gasteiger partial charge in [0.2, 0.25) is 0 Å². The van der Waals surface area contributed by atoms with Crippen molar-refractivity contribution in [1.82, 2.24) is 9.97 Å². The zero-order valence-corrected chi connectivity index (χ0v) is 31.6. The Morgan fingerprint density at radius 1 is 0.333 bits per heavy atom. The molecule has 3 aromatic heterocycles. The summed E-state index contributed by atoms with van der Waals surface area (Å²) < 4.78 is 0. The predicted octanol–water partition coefficient (Wildman–Crippen LogP) is 15.2. The number of pyridine rings is 2. The highest BCUT2D eigenvalue weighted by molar-refractivity contribution is 7.20. The number of thiophene rings is 1. The van der Waals surface area contributed by atoms with E-state index < -0.39 is 0 Å². The van der Waals surface area contributed by atoms with Gasteiger partial charge in [0.05, 0.1) is 16.7 Å². The molecule has 0 saturated heterocycles. The minimum atomic E-state index is 0.923. The number of fused-ring (bicyclic) bond motifs is 4. The van der Waals surface area contributed by atoms with E-state index in [0.29, 0.717) is 0 Å². The standard InChI is InChI=1S/C54H32N2S/c1-3-11-33(12-4-1)49-50(43-30-29-42(40-18-7-8-19-41(40)43)46-31-26-38-23-22-37-17-10-32-55-51(37)52(38)56-46)53(39-13-5-2-6-14-39)57-54(49)45-28-25-36-21-20-34-15-9-16-35-24-27-44(45)48(36)47(34)35/h1-32H. The van der Waals surface area contributed by atoms with Crippen molar-refractivity contribution < 1.29 is 0 Å². The number of nitrogens with zero attached hydrogens (tertiary/aromatic N) is 2. The van der Waals surface area contributed by atoms with Crippen LogP contribution in [-0.2, 0) is 0 Å². The van der Waals surface area contributed by atoms with Gasteiger partial charge >= 0.3 is 0 Å².